The van der Waals surface area contributed by atoms with E-state index in [-0.39, 0.29) is 17.5 Å². The van der Waals surface area contributed by atoms with E-state index in [4.69, 9.17) is 0 Å². The molecule has 0 heterocycles. The number of amides is 1. The van der Waals surface area contributed by atoms with Crippen molar-refractivity contribution in [2.75, 3.05) is 7.11 Å². The molecule has 0 fully saturated rings. The Morgan fingerprint density at radius 3 is 2.11 bits per heavy atom. The van der Waals surface area contributed by atoms with Crippen LogP contribution in [0.25, 0.3) is 0 Å². The van der Waals surface area contributed by atoms with Gasteiger partial charge in [0, 0.05) is 5.92 Å². The largest absolute Gasteiger partial charge is 0.464 e. The summed E-state index contributed by atoms with van der Waals surface area (Å²) in [5.41, 5.74) is 0.252. The average Bonchev–Trinajstić information content (AvgIpc) is 2.37. The number of allylic oxidation sites excluding steroid dienone is 1. The molecule has 0 aromatic carbocycles. The van der Waals surface area contributed by atoms with Crippen LogP contribution in [0.2, 0.25) is 0 Å². The lowest BCUT2D eigenvalue weighted by atomic mass is 9.97. The topological polar surface area (TPSA) is 55.4 Å². The minimum atomic E-state index is -0.489. The molecule has 0 bridgehead atoms. The first kappa shape index (κ1) is 16.7. The highest BCUT2D eigenvalue weighted by molar-refractivity contribution is 5.94. The van der Waals surface area contributed by atoms with Gasteiger partial charge >= 0.3 is 5.97 Å². The predicted molar refractivity (Wildman–Crippen MR) is 71.8 cm³/mol. The lowest BCUT2D eigenvalue weighted by Gasteiger charge is -2.16. The molecular formula is C14H25NO3. The number of esters is 1. The second-order valence-electron chi connectivity index (χ2n) is 4.28. The Bertz CT molecular complexity index is 291. The monoisotopic (exact) mass is 255 g/mol. The summed E-state index contributed by atoms with van der Waals surface area (Å²) < 4.78 is 4.64. The molecule has 1 N–H and O–H groups in total. The molecular weight excluding hydrogens is 230 g/mol. The maximum Gasteiger partial charge on any atom is 0.354 e. The van der Waals surface area contributed by atoms with Crippen molar-refractivity contribution in [3.63, 3.8) is 0 Å². The zero-order valence-corrected chi connectivity index (χ0v) is 11.9. The van der Waals surface area contributed by atoms with Crippen molar-refractivity contribution in [3.8, 4) is 0 Å². The van der Waals surface area contributed by atoms with E-state index in [1.807, 2.05) is 6.92 Å². The highest BCUT2D eigenvalue weighted by Crippen LogP contribution is 2.14. The van der Waals surface area contributed by atoms with Crippen molar-refractivity contribution in [2.45, 2.75) is 52.9 Å². The van der Waals surface area contributed by atoms with Gasteiger partial charge in [0.15, 0.2) is 0 Å². The van der Waals surface area contributed by atoms with E-state index in [1.54, 1.807) is 6.08 Å². The van der Waals surface area contributed by atoms with Crippen LogP contribution in [0.3, 0.4) is 0 Å². The summed E-state index contributed by atoms with van der Waals surface area (Å²) in [7, 11) is 1.31. The Morgan fingerprint density at radius 2 is 1.72 bits per heavy atom. The van der Waals surface area contributed by atoms with Gasteiger partial charge in [0.05, 0.1) is 7.11 Å². The molecule has 4 nitrogen and oxygen atoms in total. The lowest BCUT2D eigenvalue weighted by Crippen LogP contribution is -2.33. The minimum absolute atomic E-state index is 0.0232. The van der Waals surface area contributed by atoms with E-state index in [0.29, 0.717) is 6.42 Å². The Labute approximate surface area is 110 Å². The standard InChI is InChI=1S/C14H25NO3/c1-5-8-11(9-6-2)13(16)15-12(10-7-3)14(17)18-4/h10-11H,5-9H2,1-4H3,(H,15,16). The van der Waals surface area contributed by atoms with Gasteiger partial charge in [-0.1, -0.05) is 39.7 Å². The minimum Gasteiger partial charge on any atom is -0.464 e. The molecule has 0 aliphatic heterocycles. The van der Waals surface area contributed by atoms with Gasteiger partial charge in [0.1, 0.15) is 5.70 Å². The predicted octanol–water partition coefficient (Wildman–Crippen LogP) is 2.79. The van der Waals surface area contributed by atoms with Crippen LogP contribution in [-0.4, -0.2) is 19.0 Å². The second-order valence-corrected chi connectivity index (χ2v) is 4.28. The second kappa shape index (κ2) is 9.68. The Morgan fingerprint density at radius 1 is 1.17 bits per heavy atom. The fraction of sp³-hybridized carbons (Fsp3) is 0.714. The van der Waals surface area contributed by atoms with Crippen LogP contribution in [0.1, 0.15) is 52.9 Å². The number of hydrogen-bond donors (Lipinski definition) is 1. The van der Waals surface area contributed by atoms with Gasteiger partial charge in [-0.3, -0.25) is 4.79 Å². The van der Waals surface area contributed by atoms with Crippen LogP contribution in [-0.2, 0) is 14.3 Å². The third kappa shape index (κ3) is 5.84. The quantitative estimate of drug-likeness (QED) is 0.536. The number of carbonyl (C=O) groups excluding carboxylic acids is 2. The Balaban J connectivity index is 4.65. The number of rotatable bonds is 8. The molecule has 0 unspecified atom stereocenters. The van der Waals surface area contributed by atoms with Crippen LogP contribution < -0.4 is 5.32 Å². The average molecular weight is 255 g/mol. The molecule has 0 aliphatic carbocycles. The first-order valence-electron chi connectivity index (χ1n) is 6.69. The Kier molecular flexibility index (Phi) is 8.97. The number of hydrogen-bond acceptors (Lipinski definition) is 3. The molecule has 0 aliphatic rings. The first-order chi connectivity index (χ1) is 8.60. The van der Waals surface area contributed by atoms with Gasteiger partial charge in [-0.2, -0.15) is 0 Å². The van der Waals surface area contributed by atoms with Crippen LogP contribution in [0.5, 0.6) is 0 Å². The molecule has 104 valence electrons. The third-order valence-electron chi connectivity index (χ3n) is 2.72. The van der Waals surface area contributed by atoms with Gasteiger partial charge < -0.3 is 10.1 Å². The van der Waals surface area contributed by atoms with E-state index in [2.05, 4.69) is 23.9 Å². The highest BCUT2D eigenvalue weighted by Gasteiger charge is 2.20. The van der Waals surface area contributed by atoms with Gasteiger partial charge in [-0.25, -0.2) is 4.79 Å². The first-order valence-corrected chi connectivity index (χ1v) is 6.69. The smallest absolute Gasteiger partial charge is 0.354 e. The Hall–Kier alpha value is -1.32. The third-order valence-corrected chi connectivity index (χ3v) is 2.72. The van der Waals surface area contributed by atoms with E-state index in [9.17, 15) is 9.59 Å². The summed E-state index contributed by atoms with van der Waals surface area (Å²) in [5.74, 6) is -0.592. The van der Waals surface area contributed by atoms with Crippen LogP contribution >= 0.6 is 0 Å². The maximum atomic E-state index is 12.1. The summed E-state index contributed by atoms with van der Waals surface area (Å²) in [6, 6.07) is 0. The fourth-order valence-electron chi connectivity index (χ4n) is 1.84. The molecule has 4 heteroatoms. The molecule has 0 saturated carbocycles. The number of methoxy groups -OCH3 is 1. The molecule has 0 spiro atoms. The van der Waals surface area contributed by atoms with Crippen LogP contribution in [0.4, 0.5) is 0 Å². The molecule has 0 aromatic heterocycles. The lowest BCUT2D eigenvalue weighted by molar-refractivity contribution is -0.138. The van der Waals surface area contributed by atoms with E-state index in [0.717, 1.165) is 25.7 Å². The van der Waals surface area contributed by atoms with E-state index < -0.39 is 5.97 Å². The van der Waals surface area contributed by atoms with Crippen molar-refractivity contribution in [3.05, 3.63) is 11.8 Å². The molecule has 1 amide bonds. The van der Waals surface area contributed by atoms with Crippen molar-refractivity contribution in [1.29, 1.82) is 0 Å². The summed E-state index contributed by atoms with van der Waals surface area (Å²) in [5, 5.41) is 2.69. The van der Waals surface area contributed by atoms with Gasteiger partial charge in [0.25, 0.3) is 0 Å². The molecule has 0 radical (unpaired) electrons. The highest BCUT2D eigenvalue weighted by atomic mass is 16.5. The van der Waals surface area contributed by atoms with Gasteiger partial charge in [-0.05, 0) is 19.3 Å². The number of ether oxygens (including phenoxy) is 1. The summed E-state index contributed by atoms with van der Waals surface area (Å²) in [6.07, 6.45) is 5.97. The normalized spacial score (nSPS) is 11.5. The summed E-state index contributed by atoms with van der Waals surface area (Å²) in [6.45, 7) is 6.02. The van der Waals surface area contributed by atoms with Crippen molar-refractivity contribution in [1.82, 2.24) is 5.32 Å². The summed E-state index contributed by atoms with van der Waals surface area (Å²) in [4.78, 5) is 23.5. The van der Waals surface area contributed by atoms with Crippen LogP contribution in [0, 0.1) is 5.92 Å². The van der Waals surface area contributed by atoms with E-state index >= 15 is 0 Å². The molecule has 0 aromatic rings. The van der Waals surface area contributed by atoms with Gasteiger partial charge in [-0.15, -0.1) is 0 Å². The van der Waals surface area contributed by atoms with Gasteiger partial charge in [0.2, 0.25) is 5.91 Å². The van der Waals surface area contributed by atoms with Crippen LogP contribution in [0.15, 0.2) is 11.8 Å². The zero-order valence-electron chi connectivity index (χ0n) is 11.9. The van der Waals surface area contributed by atoms with Crippen molar-refractivity contribution < 1.29 is 14.3 Å². The zero-order chi connectivity index (χ0) is 14.0. The van der Waals surface area contributed by atoms with Crippen molar-refractivity contribution in [2.24, 2.45) is 5.92 Å². The number of nitrogens with one attached hydrogen (secondary N) is 1. The van der Waals surface area contributed by atoms with E-state index in [1.165, 1.54) is 7.11 Å². The maximum absolute atomic E-state index is 12.1. The van der Waals surface area contributed by atoms with Crippen molar-refractivity contribution >= 4 is 11.9 Å². The molecule has 0 saturated heterocycles. The molecule has 0 rings (SSSR count). The fourth-order valence-corrected chi connectivity index (χ4v) is 1.84. The SMILES string of the molecule is CCC=C(NC(=O)C(CCC)CCC)C(=O)OC. The molecule has 0 atom stereocenters. The molecule has 18 heavy (non-hydrogen) atoms. The number of carbonyl (C=O) groups is 2. The summed E-state index contributed by atoms with van der Waals surface area (Å²) >= 11 is 0.